The summed E-state index contributed by atoms with van der Waals surface area (Å²) >= 11 is 0. The van der Waals surface area contributed by atoms with E-state index in [4.69, 9.17) is 0 Å². The largest absolute Gasteiger partial charge is 0.308 e. The van der Waals surface area contributed by atoms with Gasteiger partial charge in [-0.3, -0.25) is 0 Å². The van der Waals surface area contributed by atoms with Crippen molar-refractivity contribution in [3.05, 3.63) is 265 Å². The van der Waals surface area contributed by atoms with Crippen molar-refractivity contribution < 1.29 is 0 Å². The van der Waals surface area contributed by atoms with Gasteiger partial charge in [-0.05, 0) is 163 Å². The Morgan fingerprint density at radius 1 is 0.257 bits per heavy atom. The number of rotatable bonds is 10. The van der Waals surface area contributed by atoms with E-state index in [0.717, 1.165) is 111 Å². The van der Waals surface area contributed by atoms with E-state index < -0.39 is 0 Å². The van der Waals surface area contributed by atoms with E-state index in [0.29, 0.717) is 22.3 Å². The number of anilines is 6. The minimum absolute atomic E-state index is 0.524. The highest BCUT2D eigenvalue weighted by Crippen LogP contribution is 2.50. The van der Waals surface area contributed by atoms with Crippen LogP contribution in [0.1, 0.15) is 22.3 Å². The summed E-state index contributed by atoms with van der Waals surface area (Å²) in [7, 11) is 0. The zero-order valence-electron chi connectivity index (χ0n) is 39.8. The first-order chi connectivity index (χ1) is 36.5. The molecule has 6 nitrogen and oxygen atoms in total. The van der Waals surface area contributed by atoms with E-state index in [1.807, 2.05) is 133 Å². The maximum atomic E-state index is 10.8. The Labute approximate surface area is 428 Å². The van der Waals surface area contributed by atoms with Gasteiger partial charge in [0, 0.05) is 22.1 Å². The number of hydrogen-bond donors (Lipinski definition) is 0. The second-order valence-corrected chi connectivity index (χ2v) is 18.2. The van der Waals surface area contributed by atoms with Crippen LogP contribution >= 0.6 is 0 Å². The summed E-state index contributed by atoms with van der Waals surface area (Å²) < 4.78 is 0. The molecule has 0 fully saturated rings. The molecule has 0 N–H and O–H groups in total. The summed E-state index contributed by atoms with van der Waals surface area (Å²) in [6.07, 6.45) is 0. The highest BCUT2D eigenvalue weighted by Gasteiger charge is 2.25. The monoisotopic (exact) mass is 940 g/mol. The lowest BCUT2D eigenvalue weighted by Crippen LogP contribution is -2.13. The normalized spacial score (nSPS) is 10.9. The lowest BCUT2D eigenvalue weighted by Gasteiger charge is -2.31. The molecule has 0 aliphatic rings. The van der Waals surface area contributed by atoms with Gasteiger partial charge >= 0.3 is 0 Å². The van der Waals surface area contributed by atoms with Crippen LogP contribution in [0.3, 0.4) is 0 Å². The number of benzene rings is 12. The van der Waals surface area contributed by atoms with Gasteiger partial charge in [-0.25, -0.2) is 0 Å². The Hall–Kier alpha value is -10.8. The molecular formula is C68H40N6. The van der Waals surface area contributed by atoms with Gasteiger partial charge < -0.3 is 9.80 Å². The van der Waals surface area contributed by atoms with Gasteiger partial charge in [0.1, 0.15) is 12.1 Å². The van der Waals surface area contributed by atoms with E-state index in [-0.39, 0.29) is 0 Å². The summed E-state index contributed by atoms with van der Waals surface area (Å²) in [6.45, 7) is 0. The molecule has 0 unspecified atom stereocenters. The SMILES string of the molecule is N#Cc1ccc(-c2cc(-c3ccccc3)cc(N(c3ccccc3C#N)c3ccc4ccc5c(N(c6cc(-c7ccccc7)cc(-c7ccc(C#N)cc7)c6)c6ccccc6C#N)ccc6ccc3c4c65)c2)cc1. The van der Waals surface area contributed by atoms with Gasteiger partial charge in [-0.2, -0.15) is 21.0 Å². The summed E-state index contributed by atoms with van der Waals surface area (Å²) in [5, 5.41) is 47.1. The van der Waals surface area contributed by atoms with Crippen LogP contribution in [0.4, 0.5) is 34.1 Å². The van der Waals surface area contributed by atoms with Crippen molar-refractivity contribution in [2.75, 3.05) is 9.80 Å². The summed E-state index contributed by atoms with van der Waals surface area (Å²) in [4.78, 5) is 4.42. The minimum Gasteiger partial charge on any atom is -0.308 e. The molecule has 74 heavy (non-hydrogen) atoms. The van der Waals surface area contributed by atoms with Gasteiger partial charge in [0.05, 0.1) is 57.1 Å². The number of nitrogens with zero attached hydrogens (tertiary/aromatic N) is 6. The lowest BCUT2D eigenvalue weighted by molar-refractivity contribution is 1.28. The molecule has 0 aromatic heterocycles. The topological polar surface area (TPSA) is 102 Å². The molecule has 0 saturated heterocycles. The molecule has 0 aliphatic heterocycles. The molecule has 0 amide bonds. The second-order valence-electron chi connectivity index (χ2n) is 18.2. The molecule has 12 aromatic rings. The van der Waals surface area contributed by atoms with Crippen molar-refractivity contribution in [3.8, 4) is 68.8 Å². The second kappa shape index (κ2) is 18.9. The Bertz CT molecular complexity index is 4010. The van der Waals surface area contributed by atoms with Crippen molar-refractivity contribution in [3.63, 3.8) is 0 Å². The quantitative estimate of drug-likeness (QED) is 0.127. The third-order valence-electron chi connectivity index (χ3n) is 13.9. The van der Waals surface area contributed by atoms with Crippen molar-refractivity contribution in [1.82, 2.24) is 0 Å². The van der Waals surface area contributed by atoms with Gasteiger partial charge in [0.25, 0.3) is 0 Å². The molecule has 0 radical (unpaired) electrons. The molecule has 342 valence electrons. The fourth-order valence-electron chi connectivity index (χ4n) is 10.4. The molecule has 0 saturated carbocycles. The summed E-state index contributed by atoms with van der Waals surface area (Å²) in [5.41, 5.74) is 15.1. The molecule has 12 aromatic carbocycles. The van der Waals surface area contributed by atoms with E-state index in [9.17, 15) is 21.0 Å². The summed E-state index contributed by atoms with van der Waals surface area (Å²) in [5.74, 6) is 0. The van der Waals surface area contributed by atoms with Crippen LogP contribution in [-0.2, 0) is 0 Å². The predicted molar refractivity (Wildman–Crippen MR) is 300 cm³/mol. The minimum atomic E-state index is 0.524. The maximum Gasteiger partial charge on any atom is 0.101 e. The first-order valence-corrected chi connectivity index (χ1v) is 24.2. The predicted octanol–water partition coefficient (Wildman–Crippen LogP) is 17.7. The van der Waals surface area contributed by atoms with Crippen LogP contribution in [0, 0.1) is 45.3 Å². The van der Waals surface area contributed by atoms with Gasteiger partial charge in [-0.1, -0.05) is 146 Å². The smallest absolute Gasteiger partial charge is 0.101 e. The highest BCUT2D eigenvalue weighted by molar-refractivity contribution is 6.28. The zero-order chi connectivity index (χ0) is 50.1. The molecule has 0 bridgehead atoms. The van der Waals surface area contributed by atoms with E-state index in [1.54, 1.807) is 0 Å². The molecule has 0 spiro atoms. The molecule has 0 aliphatic carbocycles. The van der Waals surface area contributed by atoms with Crippen molar-refractivity contribution in [2.24, 2.45) is 0 Å². The Balaban J connectivity index is 1.12. The van der Waals surface area contributed by atoms with E-state index in [2.05, 4.69) is 143 Å². The van der Waals surface area contributed by atoms with Crippen LogP contribution in [0.2, 0.25) is 0 Å². The molecule has 0 heterocycles. The molecule has 0 atom stereocenters. The van der Waals surface area contributed by atoms with Crippen LogP contribution in [-0.4, -0.2) is 0 Å². The zero-order valence-corrected chi connectivity index (χ0v) is 39.8. The van der Waals surface area contributed by atoms with Crippen LogP contribution in [0.25, 0.3) is 76.8 Å². The first kappa shape index (κ1) is 44.4. The average molecular weight is 941 g/mol. The van der Waals surface area contributed by atoms with E-state index >= 15 is 0 Å². The van der Waals surface area contributed by atoms with Crippen LogP contribution in [0.15, 0.2) is 243 Å². The fourth-order valence-corrected chi connectivity index (χ4v) is 10.4. The van der Waals surface area contributed by atoms with Gasteiger partial charge in [-0.15, -0.1) is 0 Å². The van der Waals surface area contributed by atoms with Crippen molar-refractivity contribution in [1.29, 1.82) is 21.0 Å². The molecular weight excluding hydrogens is 901 g/mol. The number of hydrogen-bond acceptors (Lipinski definition) is 6. The Kier molecular flexibility index (Phi) is 11.3. The summed E-state index contributed by atoms with van der Waals surface area (Å²) in [6, 6.07) is 91.4. The third-order valence-corrected chi connectivity index (χ3v) is 13.9. The van der Waals surface area contributed by atoms with Crippen molar-refractivity contribution in [2.45, 2.75) is 0 Å². The molecule has 6 heteroatoms. The fraction of sp³-hybridized carbons (Fsp3) is 0. The standard InChI is InChI=1S/C68H40N6/c69-41-45-19-23-49(24-20-45)57-35-55(47-11-3-1-4-12-47)37-59(39-57)73(63-17-9-7-15-53(63)43-71)65-33-29-51-28-32-62-66(34-30-52-27-31-61(65)67(51)68(52)62)74(64-18-10-8-16-54(64)44-72)60-38-56(48-13-5-2-6-14-48)36-58(40-60)50-25-21-46(42-70)22-26-50/h1-40H. The third kappa shape index (κ3) is 7.95. The molecule has 12 rings (SSSR count). The Morgan fingerprint density at radius 2 is 0.595 bits per heavy atom. The maximum absolute atomic E-state index is 10.8. The van der Waals surface area contributed by atoms with Crippen LogP contribution in [0.5, 0.6) is 0 Å². The number of para-hydroxylation sites is 2. The van der Waals surface area contributed by atoms with Gasteiger partial charge in [0.15, 0.2) is 0 Å². The first-order valence-electron chi connectivity index (χ1n) is 24.2. The van der Waals surface area contributed by atoms with Gasteiger partial charge in [0.2, 0.25) is 0 Å². The Morgan fingerprint density at radius 3 is 0.959 bits per heavy atom. The van der Waals surface area contributed by atoms with E-state index in [1.165, 1.54) is 0 Å². The average Bonchev–Trinajstić information content (AvgIpc) is 3.49. The highest BCUT2D eigenvalue weighted by atomic mass is 15.2. The lowest BCUT2D eigenvalue weighted by atomic mass is 9.91. The van der Waals surface area contributed by atoms with Crippen LogP contribution < -0.4 is 9.80 Å². The number of nitriles is 4. The van der Waals surface area contributed by atoms with Crippen molar-refractivity contribution >= 4 is 66.4 Å².